The molecule has 1 aromatic rings. The topological polar surface area (TPSA) is 75.2 Å². The van der Waals surface area contributed by atoms with Gasteiger partial charge in [-0.3, -0.25) is 0 Å². The molecule has 3 heterocycles. The average Bonchev–Trinajstić information content (AvgIpc) is 2.99. The fraction of sp³-hybridized carbons (Fsp3) is 0.846. The summed E-state index contributed by atoms with van der Waals surface area (Å²) < 4.78 is 13.5. The van der Waals surface area contributed by atoms with Crippen LogP contribution in [0.3, 0.4) is 0 Å². The fourth-order valence-electron chi connectivity index (χ4n) is 3.17. The third-order valence-corrected chi connectivity index (χ3v) is 4.19. The summed E-state index contributed by atoms with van der Waals surface area (Å²) in [5.41, 5.74) is 6.90. The number of anilines is 1. The molecule has 3 rings (SSSR count). The third-order valence-electron chi connectivity index (χ3n) is 4.19. The fourth-order valence-corrected chi connectivity index (χ4v) is 3.17. The highest BCUT2D eigenvalue weighted by molar-refractivity contribution is 5.33. The number of nitrogen functional groups attached to an aromatic ring is 1. The average molecular weight is 266 g/mol. The zero-order chi connectivity index (χ0) is 13.3. The Balaban J connectivity index is 1.81. The van der Waals surface area contributed by atoms with Crippen molar-refractivity contribution in [3.8, 4) is 0 Å². The summed E-state index contributed by atoms with van der Waals surface area (Å²) in [5.74, 6) is 0.574. The summed E-state index contributed by atoms with van der Waals surface area (Å²) >= 11 is 0. The predicted molar refractivity (Wildman–Crippen MR) is 70.8 cm³/mol. The molecule has 2 fully saturated rings. The lowest BCUT2D eigenvalue weighted by Crippen LogP contribution is -2.41. The highest BCUT2D eigenvalue weighted by atomic mass is 16.6. The van der Waals surface area contributed by atoms with Crippen molar-refractivity contribution < 1.29 is 9.47 Å². The van der Waals surface area contributed by atoms with Gasteiger partial charge in [0.05, 0.1) is 23.9 Å². The molecule has 106 valence electrons. The maximum absolute atomic E-state index is 5.97. The van der Waals surface area contributed by atoms with E-state index in [0.717, 1.165) is 51.0 Å². The van der Waals surface area contributed by atoms with Crippen molar-refractivity contribution in [1.82, 2.24) is 15.0 Å². The summed E-state index contributed by atoms with van der Waals surface area (Å²) in [5, 5.41) is 8.30. The Kier molecular flexibility index (Phi) is 3.45. The third kappa shape index (κ3) is 2.34. The van der Waals surface area contributed by atoms with Crippen LogP contribution >= 0.6 is 0 Å². The Bertz CT molecular complexity index is 440. The van der Waals surface area contributed by atoms with E-state index in [9.17, 15) is 0 Å². The number of rotatable bonds is 3. The molecule has 0 radical (unpaired) electrons. The largest absolute Gasteiger partial charge is 0.381 e. The van der Waals surface area contributed by atoms with Crippen molar-refractivity contribution in [1.29, 1.82) is 0 Å². The molecule has 2 aliphatic rings. The first-order valence-corrected chi connectivity index (χ1v) is 7.15. The molecule has 0 amide bonds. The highest BCUT2D eigenvalue weighted by Crippen LogP contribution is 2.38. The summed E-state index contributed by atoms with van der Waals surface area (Å²) in [6.45, 7) is 4.41. The normalized spacial score (nSPS) is 31.1. The first kappa shape index (κ1) is 12.9. The van der Waals surface area contributed by atoms with Crippen molar-refractivity contribution in [2.75, 3.05) is 25.6 Å². The quantitative estimate of drug-likeness (QED) is 0.893. The Labute approximate surface area is 113 Å². The van der Waals surface area contributed by atoms with Crippen molar-refractivity contribution in [2.24, 2.45) is 0 Å². The number of hydrogen-bond donors (Lipinski definition) is 1. The molecule has 6 heteroatoms. The molecule has 1 aromatic heterocycles. The smallest absolute Gasteiger partial charge is 0.169 e. The lowest BCUT2D eigenvalue weighted by atomic mass is 9.89. The van der Waals surface area contributed by atoms with Crippen LogP contribution in [0.15, 0.2) is 0 Å². The first-order chi connectivity index (χ1) is 9.24. The molecule has 2 atom stereocenters. The highest BCUT2D eigenvalue weighted by Gasteiger charge is 2.42. The summed E-state index contributed by atoms with van der Waals surface area (Å²) in [6.07, 6.45) is 4.89. The minimum absolute atomic E-state index is 0.104. The molecular formula is C13H22N4O2. The Hall–Kier alpha value is -1.14. The van der Waals surface area contributed by atoms with E-state index in [1.165, 1.54) is 0 Å². The van der Waals surface area contributed by atoms with Crippen LogP contribution < -0.4 is 5.73 Å². The van der Waals surface area contributed by atoms with E-state index >= 15 is 0 Å². The molecule has 2 N–H and O–H groups in total. The van der Waals surface area contributed by atoms with Crippen molar-refractivity contribution >= 4 is 5.82 Å². The second-order valence-electron chi connectivity index (χ2n) is 5.60. The molecule has 2 aliphatic heterocycles. The maximum Gasteiger partial charge on any atom is 0.169 e. The van der Waals surface area contributed by atoms with Crippen LogP contribution in [0.5, 0.6) is 0 Å². The zero-order valence-electron chi connectivity index (χ0n) is 11.5. The molecule has 0 saturated carbocycles. The van der Waals surface area contributed by atoms with Crippen molar-refractivity contribution in [2.45, 2.75) is 50.7 Å². The Morgan fingerprint density at radius 2 is 2.37 bits per heavy atom. The number of hydrogen-bond acceptors (Lipinski definition) is 5. The zero-order valence-corrected chi connectivity index (χ0v) is 11.5. The van der Waals surface area contributed by atoms with E-state index in [0.29, 0.717) is 18.5 Å². The molecule has 1 spiro atoms. The van der Waals surface area contributed by atoms with Gasteiger partial charge in [0.15, 0.2) is 5.82 Å². The molecule has 0 aromatic carbocycles. The summed E-state index contributed by atoms with van der Waals surface area (Å²) in [7, 11) is 0. The van der Waals surface area contributed by atoms with Crippen LogP contribution in [0.2, 0.25) is 0 Å². The first-order valence-electron chi connectivity index (χ1n) is 7.15. The van der Waals surface area contributed by atoms with E-state index in [4.69, 9.17) is 15.2 Å². The minimum atomic E-state index is -0.104. The number of ether oxygens (including phenoxy) is 2. The molecule has 6 nitrogen and oxygen atoms in total. The summed E-state index contributed by atoms with van der Waals surface area (Å²) in [4.78, 5) is 0. The van der Waals surface area contributed by atoms with E-state index in [-0.39, 0.29) is 5.60 Å². The number of nitrogens with two attached hydrogens (primary N) is 1. The van der Waals surface area contributed by atoms with Gasteiger partial charge in [0.1, 0.15) is 0 Å². The van der Waals surface area contributed by atoms with Gasteiger partial charge in [-0.25, -0.2) is 4.68 Å². The van der Waals surface area contributed by atoms with Gasteiger partial charge in [-0.1, -0.05) is 18.6 Å². The van der Waals surface area contributed by atoms with Gasteiger partial charge in [-0.15, -0.1) is 5.10 Å². The Morgan fingerprint density at radius 1 is 1.47 bits per heavy atom. The van der Waals surface area contributed by atoms with Crippen LogP contribution in [-0.2, 0) is 15.9 Å². The van der Waals surface area contributed by atoms with Gasteiger partial charge in [0.2, 0.25) is 0 Å². The van der Waals surface area contributed by atoms with Gasteiger partial charge >= 0.3 is 0 Å². The van der Waals surface area contributed by atoms with E-state index in [1.54, 1.807) is 0 Å². The van der Waals surface area contributed by atoms with Gasteiger partial charge in [-0.2, -0.15) is 0 Å². The molecule has 2 unspecified atom stereocenters. The van der Waals surface area contributed by atoms with Crippen LogP contribution in [0.1, 0.15) is 44.3 Å². The van der Waals surface area contributed by atoms with Crippen molar-refractivity contribution in [3.05, 3.63) is 5.69 Å². The lowest BCUT2D eigenvalue weighted by molar-refractivity contribution is -0.0967. The second kappa shape index (κ2) is 5.09. The second-order valence-corrected chi connectivity index (χ2v) is 5.60. The van der Waals surface area contributed by atoms with Crippen molar-refractivity contribution in [3.63, 3.8) is 0 Å². The molecular weight excluding hydrogens is 244 g/mol. The molecule has 0 bridgehead atoms. The van der Waals surface area contributed by atoms with Gasteiger partial charge in [-0.05, 0) is 12.8 Å². The van der Waals surface area contributed by atoms with Crippen LogP contribution in [-0.4, -0.2) is 40.4 Å². The molecule has 19 heavy (non-hydrogen) atoms. The standard InChI is InChI=1S/C13H22N4O2/c1-2-3-11-12(14)15-16-17(11)10-4-6-19-13(8-10)5-7-18-9-13/h10H,2-9,14H2,1H3. The van der Waals surface area contributed by atoms with E-state index < -0.39 is 0 Å². The van der Waals surface area contributed by atoms with Gasteiger partial charge in [0.25, 0.3) is 0 Å². The molecule has 2 saturated heterocycles. The monoisotopic (exact) mass is 266 g/mol. The lowest BCUT2D eigenvalue weighted by Gasteiger charge is -2.37. The SMILES string of the molecule is CCCc1c(N)nnn1C1CCOC2(CCOC2)C1. The maximum atomic E-state index is 5.97. The van der Waals surface area contributed by atoms with Crippen LogP contribution in [0.4, 0.5) is 5.82 Å². The summed E-state index contributed by atoms with van der Waals surface area (Å²) in [6, 6.07) is 0.335. The number of aromatic nitrogens is 3. The Morgan fingerprint density at radius 3 is 3.11 bits per heavy atom. The van der Waals surface area contributed by atoms with Crippen LogP contribution in [0, 0.1) is 0 Å². The molecule has 0 aliphatic carbocycles. The number of nitrogens with zero attached hydrogens (tertiary/aromatic N) is 3. The van der Waals surface area contributed by atoms with Gasteiger partial charge < -0.3 is 15.2 Å². The predicted octanol–water partition coefficient (Wildman–Crippen LogP) is 1.32. The van der Waals surface area contributed by atoms with E-state index in [2.05, 4.69) is 17.2 Å². The van der Waals surface area contributed by atoms with E-state index in [1.807, 2.05) is 4.68 Å². The van der Waals surface area contributed by atoms with Gasteiger partial charge in [0, 0.05) is 26.1 Å². The van der Waals surface area contributed by atoms with Crippen LogP contribution in [0.25, 0.3) is 0 Å². The minimum Gasteiger partial charge on any atom is -0.381 e.